The number of likely N-dealkylation sites (tertiary alicyclic amines) is 1. The molecule has 1 saturated heterocycles. The topological polar surface area (TPSA) is 69.6 Å². The van der Waals surface area contributed by atoms with Gasteiger partial charge in [0.15, 0.2) is 0 Å². The van der Waals surface area contributed by atoms with Crippen molar-refractivity contribution in [1.82, 2.24) is 20.5 Å². The summed E-state index contributed by atoms with van der Waals surface area (Å²) in [5.74, 6) is 0.0445. The molecule has 2 fully saturated rings. The van der Waals surface area contributed by atoms with Crippen LogP contribution in [-0.4, -0.2) is 53.7 Å². The van der Waals surface area contributed by atoms with Gasteiger partial charge in [-0.3, -0.25) is 19.7 Å². The number of aliphatic imine (C=N–C) groups is 1. The van der Waals surface area contributed by atoms with E-state index >= 15 is 0 Å². The zero-order chi connectivity index (χ0) is 19.9. The molecule has 29 heavy (non-hydrogen) atoms. The fourth-order valence-electron chi connectivity index (χ4n) is 3.61. The number of hydrogen-bond acceptors (Lipinski definition) is 5. The molecule has 1 aliphatic carbocycles. The number of hydrogen-bond donors (Lipinski definition) is 2. The predicted molar refractivity (Wildman–Crippen MR) is 115 cm³/mol. The number of amides is 1. The Balaban J connectivity index is 1.15. The first-order valence-electron chi connectivity index (χ1n) is 10.5. The molecule has 1 aliphatic heterocycles. The van der Waals surface area contributed by atoms with Gasteiger partial charge in [0.05, 0.1) is 18.3 Å². The molecule has 1 aromatic heterocycles. The highest BCUT2D eigenvalue weighted by molar-refractivity contribution is 5.80. The maximum Gasteiger partial charge on any atom is 0.234 e. The lowest BCUT2D eigenvalue weighted by molar-refractivity contribution is -0.120. The van der Waals surface area contributed by atoms with E-state index in [4.69, 9.17) is 0 Å². The van der Waals surface area contributed by atoms with Gasteiger partial charge in [-0.1, -0.05) is 30.3 Å². The van der Waals surface area contributed by atoms with E-state index in [0.717, 1.165) is 37.3 Å². The van der Waals surface area contributed by atoms with Crippen molar-refractivity contribution in [2.24, 2.45) is 4.99 Å². The van der Waals surface area contributed by atoms with Crippen LogP contribution >= 0.6 is 0 Å². The monoisotopic (exact) mass is 391 g/mol. The van der Waals surface area contributed by atoms with Crippen LogP contribution in [0.25, 0.3) is 0 Å². The standard InChI is InChI=1S/C23H29N5O/c29-23(27-21-9-11-28(17-21)16-18-4-2-1-3-5-18)15-24-14-22-12-19(8-10-25-22)13-26-20-6-7-20/h1-5,8,10,12-13,20-21,24H,6-7,9,11,14-17H2,(H,27,29)/b26-13+. The number of nitrogens with one attached hydrogen (secondary N) is 2. The normalized spacial score (nSPS) is 19.7. The Hall–Kier alpha value is -2.57. The van der Waals surface area contributed by atoms with Crippen LogP contribution in [0, 0.1) is 0 Å². The van der Waals surface area contributed by atoms with Crippen molar-refractivity contribution in [2.75, 3.05) is 19.6 Å². The molecule has 0 spiro atoms. The number of pyridine rings is 1. The Labute approximate surface area is 172 Å². The van der Waals surface area contributed by atoms with Gasteiger partial charge >= 0.3 is 0 Å². The van der Waals surface area contributed by atoms with E-state index < -0.39 is 0 Å². The summed E-state index contributed by atoms with van der Waals surface area (Å²) < 4.78 is 0. The lowest BCUT2D eigenvalue weighted by atomic mass is 10.2. The predicted octanol–water partition coefficient (Wildman–Crippen LogP) is 2.14. The van der Waals surface area contributed by atoms with Crippen LogP contribution in [0.3, 0.4) is 0 Å². The zero-order valence-electron chi connectivity index (χ0n) is 16.8. The molecule has 2 N–H and O–H groups in total. The van der Waals surface area contributed by atoms with Gasteiger partial charge in [-0.2, -0.15) is 0 Å². The summed E-state index contributed by atoms with van der Waals surface area (Å²) in [5, 5.41) is 6.35. The van der Waals surface area contributed by atoms with Crippen molar-refractivity contribution >= 4 is 12.1 Å². The molecule has 1 atom stereocenters. The molecular formula is C23H29N5O. The SMILES string of the molecule is O=C(CNCc1cc(/C=N/C2CC2)ccn1)NC1CCN(Cc2ccccc2)C1. The smallest absolute Gasteiger partial charge is 0.234 e. The van der Waals surface area contributed by atoms with Crippen LogP contribution in [0.1, 0.15) is 36.1 Å². The van der Waals surface area contributed by atoms with E-state index in [1.807, 2.05) is 24.4 Å². The summed E-state index contributed by atoms with van der Waals surface area (Å²) >= 11 is 0. The van der Waals surface area contributed by atoms with Gasteiger partial charge in [0.2, 0.25) is 5.91 Å². The van der Waals surface area contributed by atoms with Gasteiger partial charge in [0, 0.05) is 44.6 Å². The molecule has 1 amide bonds. The van der Waals surface area contributed by atoms with E-state index in [1.165, 1.54) is 18.4 Å². The Kier molecular flexibility index (Phi) is 6.64. The second-order valence-corrected chi connectivity index (χ2v) is 7.97. The second-order valence-electron chi connectivity index (χ2n) is 7.97. The summed E-state index contributed by atoms with van der Waals surface area (Å²) in [6.07, 6.45) is 7.14. The van der Waals surface area contributed by atoms with Crippen LogP contribution in [0.5, 0.6) is 0 Å². The van der Waals surface area contributed by atoms with Gasteiger partial charge in [0.1, 0.15) is 0 Å². The fourth-order valence-corrected chi connectivity index (χ4v) is 3.61. The highest BCUT2D eigenvalue weighted by Crippen LogP contribution is 2.23. The van der Waals surface area contributed by atoms with E-state index in [-0.39, 0.29) is 11.9 Å². The Morgan fingerprint density at radius 3 is 2.90 bits per heavy atom. The molecule has 6 heteroatoms. The minimum atomic E-state index is 0.0445. The Bertz CT molecular complexity index is 834. The third-order valence-electron chi connectivity index (χ3n) is 5.30. The van der Waals surface area contributed by atoms with E-state index in [2.05, 4.69) is 49.8 Å². The van der Waals surface area contributed by atoms with Crippen molar-refractivity contribution in [3.63, 3.8) is 0 Å². The van der Waals surface area contributed by atoms with E-state index in [0.29, 0.717) is 19.1 Å². The highest BCUT2D eigenvalue weighted by Gasteiger charge is 2.23. The van der Waals surface area contributed by atoms with Gasteiger partial charge < -0.3 is 10.6 Å². The Morgan fingerprint density at radius 1 is 1.21 bits per heavy atom. The summed E-state index contributed by atoms with van der Waals surface area (Å²) in [5.41, 5.74) is 3.31. The first-order valence-corrected chi connectivity index (χ1v) is 10.5. The maximum absolute atomic E-state index is 12.3. The second kappa shape index (κ2) is 9.76. The molecule has 0 radical (unpaired) electrons. The van der Waals surface area contributed by atoms with E-state index in [9.17, 15) is 4.79 Å². The summed E-state index contributed by atoms with van der Waals surface area (Å²) in [7, 11) is 0. The molecular weight excluding hydrogens is 362 g/mol. The van der Waals surface area contributed by atoms with Crippen LogP contribution in [0.15, 0.2) is 53.7 Å². The third-order valence-corrected chi connectivity index (χ3v) is 5.30. The first-order chi connectivity index (χ1) is 14.2. The van der Waals surface area contributed by atoms with Crippen LogP contribution in [-0.2, 0) is 17.9 Å². The molecule has 6 nitrogen and oxygen atoms in total. The number of benzene rings is 1. The summed E-state index contributed by atoms with van der Waals surface area (Å²) in [4.78, 5) is 23.5. The molecule has 1 aromatic carbocycles. The summed E-state index contributed by atoms with van der Waals surface area (Å²) in [6, 6.07) is 15.2. The molecule has 2 aromatic rings. The largest absolute Gasteiger partial charge is 0.351 e. The van der Waals surface area contributed by atoms with Crippen LogP contribution < -0.4 is 10.6 Å². The van der Waals surface area contributed by atoms with Crippen molar-refractivity contribution < 1.29 is 4.79 Å². The van der Waals surface area contributed by atoms with Gasteiger partial charge in [-0.25, -0.2) is 0 Å². The van der Waals surface area contributed by atoms with Crippen LogP contribution in [0.2, 0.25) is 0 Å². The van der Waals surface area contributed by atoms with Gasteiger partial charge in [-0.15, -0.1) is 0 Å². The maximum atomic E-state index is 12.3. The molecule has 4 rings (SSSR count). The van der Waals surface area contributed by atoms with Gasteiger partial charge in [-0.05, 0) is 42.5 Å². The number of aromatic nitrogens is 1. The van der Waals surface area contributed by atoms with Gasteiger partial charge in [0.25, 0.3) is 0 Å². The first kappa shape index (κ1) is 19.7. The lowest BCUT2D eigenvalue weighted by Gasteiger charge is -2.17. The minimum Gasteiger partial charge on any atom is -0.351 e. The summed E-state index contributed by atoms with van der Waals surface area (Å²) in [6.45, 7) is 3.75. The number of nitrogens with zero attached hydrogens (tertiary/aromatic N) is 3. The quantitative estimate of drug-likeness (QED) is 0.643. The molecule has 152 valence electrons. The minimum absolute atomic E-state index is 0.0445. The number of carbonyl (C=O) groups excluding carboxylic acids is 1. The van der Waals surface area contributed by atoms with Crippen molar-refractivity contribution in [3.8, 4) is 0 Å². The highest BCUT2D eigenvalue weighted by atomic mass is 16.2. The van der Waals surface area contributed by atoms with Crippen molar-refractivity contribution in [1.29, 1.82) is 0 Å². The third kappa shape index (κ3) is 6.48. The molecule has 1 saturated carbocycles. The number of carbonyl (C=O) groups is 1. The Morgan fingerprint density at radius 2 is 2.07 bits per heavy atom. The van der Waals surface area contributed by atoms with E-state index in [1.54, 1.807) is 6.20 Å². The molecule has 1 unspecified atom stereocenters. The fraction of sp³-hybridized carbons (Fsp3) is 0.435. The molecule has 2 aliphatic rings. The van der Waals surface area contributed by atoms with Crippen LogP contribution in [0.4, 0.5) is 0 Å². The molecule has 0 bridgehead atoms. The zero-order valence-corrected chi connectivity index (χ0v) is 16.8. The average molecular weight is 392 g/mol. The lowest BCUT2D eigenvalue weighted by Crippen LogP contribution is -2.41. The number of rotatable bonds is 9. The van der Waals surface area contributed by atoms with Crippen molar-refractivity contribution in [3.05, 3.63) is 65.5 Å². The molecule has 2 heterocycles. The van der Waals surface area contributed by atoms with Crippen molar-refractivity contribution in [2.45, 2.75) is 44.4 Å². The average Bonchev–Trinajstić information content (AvgIpc) is 3.47.